The molecule has 3 aromatic carbocycles. The van der Waals surface area contributed by atoms with Gasteiger partial charge in [0, 0.05) is 24.4 Å². The number of hydrogen-bond donors (Lipinski definition) is 4. The number of rotatable bonds is 5. The van der Waals surface area contributed by atoms with Crippen LogP contribution in [-0.4, -0.2) is 20.8 Å². The lowest BCUT2D eigenvalue weighted by molar-refractivity contribution is 0.0938. The van der Waals surface area contributed by atoms with Crippen LogP contribution in [0.15, 0.2) is 89.9 Å². The summed E-state index contributed by atoms with van der Waals surface area (Å²) in [6, 6.07) is 22.6. The first-order valence-electron chi connectivity index (χ1n) is 11.1. The molecule has 1 aromatic heterocycles. The van der Waals surface area contributed by atoms with Crippen molar-refractivity contribution in [1.82, 2.24) is 9.99 Å². The number of aromatic nitrogens is 1. The molecule has 1 aliphatic heterocycles. The zero-order valence-corrected chi connectivity index (χ0v) is 18.6. The summed E-state index contributed by atoms with van der Waals surface area (Å²) in [4.78, 5) is 25.4. The average Bonchev–Trinajstić information content (AvgIpc) is 3.03. The Morgan fingerprint density at radius 2 is 1.66 bits per heavy atom. The minimum atomic E-state index is -0.664. The largest absolute Gasteiger partial charge is 0.508 e. The molecule has 0 saturated heterocycles. The van der Waals surface area contributed by atoms with Gasteiger partial charge in [-0.3, -0.25) is 14.3 Å². The maximum absolute atomic E-state index is 13.1. The Morgan fingerprint density at radius 3 is 2.46 bits per heavy atom. The Balaban J connectivity index is 1.52. The number of hydrogen-bond acceptors (Lipinski definition) is 6. The van der Waals surface area contributed by atoms with E-state index < -0.39 is 23.1 Å². The third kappa shape index (κ3) is 4.41. The molecule has 4 N–H and O–H groups in total. The molecule has 8 nitrogen and oxygen atoms in total. The molecular formula is C27H23N3O5. The molecule has 2 heterocycles. The van der Waals surface area contributed by atoms with E-state index in [0.717, 1.165) is 22.3 Å². The number of carbonyl (C=O) groups is 1. The maximum atomic E-state index is 13.1. The van der Waals surface area contributed by atoms with E-state index in [2.05, 4.69) is 10.7 Å². The van der Waals surface area contributed by atoms with Gasteiger partial charge >= 0.3 is 0 Å². The van der Waals surface area contributed by atoms with Crippen LogP contribution in [0.1, 0.15) is 38.8 Å². The molecule has 1 amide bonds. The molecule has 5 rings (SSSR count). The van der Waals surface area contributed by atoms with E-state index in [1.165, 1.54) is 29.1 Å². The number of aromatic hydroxyl groups is 2. The topological polar surface area (TPSA) is 113 Å². The van der Waals surface area contributed by atoms with E-state index in [1.807, 2.05) is 48.5 Å². The number of nitrogens with zero attached hydrogens (tertiary/aromatic N) is 1. The van der Waals surface area contributed by atoms with Gasteiger partial charge in [0.1, 0.15) is 18.1 Å². The highest BCUT2D eigenvalue weighted by Gasteiger charge is 2.27. The van der Waals surface area contributed by atoms with Crippen molar-refractivity contribution in [2.24, 2.45) is 0 Å². The monoisotopic (exact) mass is 469 g/mol. The number of fused-ring (bicyclic) bond motifs is 2. The third-order valence-corrected chi connectivity index (χ3v) is 5.93. The number of ether oxygens (including phenoxy) is 1. The molecule has 1 unspecified atom stereocenters. The Morgan fingerprint density at radius 1 is 0.943 bits per heavy atom. The minimum Gasteiger partial charge on any atom is -0.508 e. The van der Waals surface area contributed by atoms with Crippen molar-refractivity contribution < 1.29 is 19.7 Å². The fourth-order valence-corrected chi connectivity index (χ4v) is 4.13. The van der Waals surface area contributed by atoms with Crippen LogP contribution in [-0.2, 0) is 13.2 Å². The van der Waals surface area contributed by atoms with Gasteiger partial charge in [0.2, 0.25) is 5.43 Å². The zero-order valence-electron chi connectivity index (χ0n) is 18.6. The van der Waals surface area contributed by atoms with E-state index in [9.17, 15) is 19.8 Å². The number of nitrogens with one attached hydrogen (secondary N) is 2. The average molecular weight is 469 g/mol. The number of amides is 1. The van der Waals surface area contributed by atoms with Crippen LogP contribution >= 0.6 is 0 Å². The van der Waals surface area contributed by atoms with Gasteiger partial charge in [-0.2, -0.15) is 0 Å². The van der Waals surface area contributed by atoms with E-state index in [0.29, 0.717) is 12.4 Å². The van der Waals surface area contributed by atoms with Crippen LogP contribution < -0.4 is 20.9 Å². The SMILES string of the molecule is O=C(NCc1ccc(O)cc1)c1c(O)c(=O)ccn1NC1c2ccccc2COc2ccccc21. The lowest BCUT2D eigenvalue weighted by Crippen LogP contribution is -2.33. The smallest absolute Gasteiger partial charge is 0.274 e. The Labute approximate surface area is 201 Å². The summed E-state index contributed by atoms with van der Waals surface area (Å²) in [5.74, 6) is -0.474. The second kappa shape index (κ2) is 9.26. The molecule has 0 radical (unpaired) electrons. The molecule has 1 atom stereocenters. The highest BCUT2D eigenvalue weighted by molar-refractivity contribution is 5.95. The van der Waals surface area contributed by atoms with Crippen LogP contribution in [0.2, 0.25) is 0 Å². The van der Waals surface area contributed by atoms with Gasteiger partial charge in [0.05, 0.1) is 6.04 Å². The molecule has 4 aromatic rings. The Kier molecular flexibility index (Phi) is 5.85. The Bertz CT molecular complexity index is 1400. The molecule has 176 valence electrons. The highest BCUT2D eigenvalue weighted by atomic mass is 16.5. The lowest BCUT2D eigenvalue weighted by Gasteiger charge is -2.25. The number of para-hydroxylation sites is 1. The van der Waals surface area contributed by atoms with Crippen molar-refractivity contribution in [2.45, 2.75) is 19.2 Å². The van der Waals surface area contributed by atoms with Gasteiger partial charge < -0.3 is 25.7 Å². The van der Waals surface area contributed by atoms with E-state index in [-0.39, 0.29) is 18.0 Å². The molecule has 0 aliphatic carbocycles. The van der Waals surface area contributed by atoms with Crippen LogP contribution in [0, 0.1) is 0 Å². The molecule has 0 spiro atoms. The standard InChI is InChI=1S/C27H23N3O5/c31-19-11-9-17(10-12-19)15-28-27(34)25-26(33)22(32)13-14-30(25)29-24-20-6-2-1-5-18(20)16-35-23-8-4-3-7-21(23)24/h1-14,24,29,31,33H,15-16H2,(H,28,34). The molecule has 0 bridgehead atoms. The summed E-state index contributed by atoms with van der Waals surface area (Å²) in [6.07, 6.45) is 1.43. The minimum absolute atomic E-state index is 0.117. The fraction of sp³-hybridized carbons (Fsp3) is 0.111. The molecule has 1 aliphatic rings. The van der Waals surface area contributed by atoms with Gasteiger partial charge in [-0.1, -0.05) is 54.6 Å². The normalized spacial score (nSPS) is 14.1. The van der Waals surface area contributed by atoms with E-state index in [1.54, 1.807) is 12.1 Å². The second-order valence-electron chi connectivity index (χ2n) is 8.18. The highest BCUT2D eigenvalue weighted by Crippen LogP contribution is 2.36. The fourth-order valence-electron chi connectivity index (χ4n) is 4.13. The van der Waals surface area contributed by atoms with Crippen molar-refractivity contribution in [2.75, 3.05) is 5.43 Å². The van der Waals surface area contributed by atoms with Crippen molar-refractivity contribution >= 4 is 5.91 Å². The first-order chi connectivity index (χ1) is 17.0. The zero-order chi connectivity index (χ0) is 24.4. The van der Waals surface area contributed by atoms with Crippen molar-refractivity contribution in [3.8, 4) is 17.2 Å². The second-order valence-corrected chi connectivity index (χ2v) is 8.18. The predicted molar refractivity (Wildman–Crippen MR) is 130 cm³/mol. The van der Waals surface area contributed by atoms with Crippen molar-refractivity contribution in [3.63, 3.8) is 0 Å². The summed E-state index contributed by atoms with van der Waals surface area (Å²) in [7, 11) is 0. The summed E-state index contributed by atoms with van der Waals surface area (Å²) in [6.45, 7) is 0.533. The predicted octanol–water partition coefficient (Wildman–Crippen LogP) is 3.42. The van der Waals surface area contributed by atoms with E-state index >= 15 is 0 Å². The maximum Gasteiger partial charge on any atom is 0.274 e. The lowest BCUT2D eigenvalue weighted by atomic mass is 9.95. The number of carbonyl (C=O) groups excluding carboxylic acids is 1. The van der Waals surface area contributed by atoms with Crippen LogP contribution in [0.25, 0.3) is 0 Å². The summed E-state index contributed by atoms with van der Waals surface area (Å²) in [5, 5.41) is 22.7. The summed E-state index contributed by atoms with van der Waals surface area (Å²) < 4.78 is 7.38. The van der Waals surface area contributed by atoms with Crippen molar-refractivity contribution in [1.29, 1.82) is 0 Å². The third-order valence-electron chi connectivity index (χ3n) is 5.93. The number of phenolic OH excluding ortho intramolecular Hbond substituents is 1. The molecule has 0 fully saturated rings. The van der Waals surface area contributed by atoms with Crippen LogP contribution in [0.4, 0.5) is 0 Å². The van der Waals surface area contributed by atoms with Crippen molar-refractivity contribution in [3.05, 3.63) is 123 Å². The van der Waals surface area contributed by atoms with Gasteiger partial charge in [-0.05, 0) is 34.9 Å². The molecule has 8 heteroatoms. The molecule has 0 saturated carbocycles. The summed E-state index contributed by atoms with van der Waals surface area (Å²) >= 11 is 0. The van der Waals surface area contributed by atoms with Gasteiger partial charge in [-0.15, -0.1) is 0 Å². The van der Waals surface area contributed by atoms with Crippen LogP contribution in [0.5, 0.6) is 17.2 Å². The molecular weight excluding hydrogens is 446 g/mol. The number of pyridine rings is 1. The van der Waals surface area contributed by atoms with Gasteiger partial charge in [0.15, 0.2) is 11.4 Å². The first-order valence-corrected chi connectivity index (χ1v) is 11.1. The first kappa shape index (κ1) is 22.1. The van der Waals surface area contributed by atoms with Crippen LogP contribution in [0.3, 0.4) is 0 Å². The number of benzene rings is 3. The van der Waals surface area contributed by atoms with E-state index in [4.69, 9.17) is 4.74 Å². The molecule has 35 heavy (non-hydrogen) atoms. The summed E-state index contributed by atoms with van der Waals surface area (Å²) in [5.41, 5.74) is 5.95. The van der Waals surface area contributed by atoms with Gasteiger partial charge in [0.25, 0.3) is 5.91 Å². The van der Waals surface area contributed by atoms with Gasteiger partial charge in [-0.25, -0.2) is 0 Å². The Hall–Kier alpha value is -4.72. The number of phenols is 1. The quantitative estimate of drug-likeness (QED) is 0.356.